The van der Waals surface area contributed by atoms with Crippen LogP contribution < -0.4 is 0 Å². The Morgan fingerprint density at radius 1 is 1.08 bits per heavy atom. The van der Waals surface area contributed by atoms with Crippen molar-refractivity contribution >= 4 is 28.3 Å². The van der Waals surface area contributed by atoms with Crippen LogP contribution in [0.3, 0.4) is 0 Å². The van der Waals surface area contributed by atoms with Crippen molar-refractivity contribution in [1.29, 1.82) is 10.5 Å². The molecule has 0 fully saturated rings. The lowest BCUT2D eigenvalue weighted by molar-refractivity contribution is 1.09. The second-order valence-electron chi connectivity index (χ2n) is 5.52. The topological polar surface area (TPSA) is 77.8 Å². The molecular weight excluding hydrogens is 318 g/mol. The first-order chi connectivity index (χ1) is 11.5. The molecule has 6 heteroatoms. The molecule has 24 heavy (non-hydrogen) atoms. The predicted octanol–water partition coefficient (Wildman–Crippen LogP) is 3.98. The highest BCUT2D eigenvalue weighted by atomic mass is 32.1. The average molecular weight is 333 g/mol. The number of aryl methyl sites for hydroxylation is 3. The van der Waals surface area contributed by atoms with Gasteiger partial charge in [0, 0.05) is 27.7 Å². The van der Waals surface area contributed by atoms with Crippen molar-refractivity contribution in [3.8, 4) is 12.1 Å². The van der Waals surface area contributed by atoms with Crippen LogP contribution in [0.4, 0.5) is 0 Å². The standard InChI is InChI=1S/C18H15N5S/c1-10-12(3)24-13(4)16(10)14(8-19)15(9-20)17-11(2)22-18-21-6-5-7-23(17)18/h5-7H,1-4H3/b15-14-. The van der Waals surface area contributed by atoms with Gasteiger partial charge >= 0.3 is 0 Å². The summed E-state index contributed by atoms with van der Waals surface area (Å²) in [6, 6.07) is 6.25. The number of thiophene rings is 1. The molecule has 0 aliphatic heterocycles. The van der Waals surface area contributed by atoms with Crippen LogP contribution >= 0.6 is 11.3 Å². The molecule has 0 spiro atoms. The Morgan fingerprint density at radius 2 is 1.79 bits per heavy atom. The van der Waals surface area contributed by atoms with Crippen molar-refractivity contribution in [2.45, 2.75) is 27.7 Å². The number of fused-ring (bicyclic) bond motifs is 1. The molecule has 0 amide bonds. The van der Waals surface area contributed by atoms with Crippen LogP contribution in [0.5, 0.6) is 0 Å². The SMILES string of the molecule is Cc1nc2ncccn2c1/C(C#N)=C(/C#N)c1c(C)sc(C)c1C. The Labute approximate surface area is 144 Å². The van der Waals surface area contributed by atoms with E-state index in [9.17, 15) is 10.5 Å². The first kappa shape index (κ1) is 15.9. The third-order valence-corrected chi connectivity index (χ3v) is 5.22. The number of rotatable bonds is 2. The molecule has 0 bridgehead atoms. The van der Waals surface area contributed by atoms with E-state index in [0.29, 0.717) is 28.3 Å². The van der Waals surface area contributed by atoms with Gasteiger partial charge in [0.05, 0.1) is 22.5 Å². The fourth-order valence-electron chi connectivity index (χ4n) is 2.92. The van der Waals surface area contributed by atoms with E-state index in [0.717, 1.165) is 20.9 Å². The summed E-state index contributed by atoms with van der Waals surface area (Å²) in [4.78, 5) is 10.8. The van der Waals surface area contributed by atoms with E-state index in [2.05, 4.69) is 22.1 Å². The Hall–Kier alpha value is -2.96. The number of hydrogen-bond donors (Lipinski definition) is 0. The first-order valence-electron chi connectivity index (χ1n) is 7.41. The summed E-state index contributed by atoms with van der Waals surface area (Å²) in [6.07, 6.45) is 3.46. The van der Waals surface area contributed by atoms with E-state index >= 15 is 0 Å². The molecule has 3 heterocycles. The zero-order valence-corrected chi connectivity index (χ0v) is 14.7. The smallest absolute Gasteiger partial charge is 0.234 e. The van der Waals surface area contributed by atoms with Gasteiger partial charge in [-0.1, -0.05) is 0 Å². The zero-order chi connectivity index (χ0) is 17.4. The summed E-state index contributed by atoms with van der Waals surface area (Å²) in [5.41, 5.74) is 3.94. The quantitative estimate of drug-likeness (QED) is 0.664. The number of allylic oxidation sites excluding steroid dienone is 2. The van der Waals surface area contributed by atoms with E-state index in [1.54, 1.807) is 28.0 Å². The van der Waals surface area contributed by atoms with Gasteiger partial charge in [0.1, 0.15) is 12.1 Å². The molecule has 0 atom stereocenters. The summed E-state index contributed by atoms with van der Waals surface area (Å²) in [5.74, 6) is 0.519. The Morgan fingerprint density at radius 3 is 2.38 bits per heavy atom. The number of hydrogen-bond acceptors (Lipinski definition) is 5. The van der Waals surface area contributed by atoms with Gasteiger partial charge in [-0.05, 0) is 39.3 Å². The van der Waals surface area contributed by atoms with Gasteiger partial charge in [-0.2, -0.15) is 10.5 Å². The maximum absolute atomic E-state index is 9.82. The average Bonchev–Trinajstić information content (AvgIpc) is 3.02. The molecule has 5 nitrogen and oxygen atoms in total. The summed E-state index contributed by atoms with van der Waals surface area (Å²) in [5, 5.41) is 19.6. The first-order valence-corrected chi connectivity index (χ1v) is 8.22. The van der Waals surface area contributed by atoms with Gasteiger partial charge in [0.2, 0.25) is 5.78 Å². The molecule has 0 aliphatic carbocycles. The van der Waals surface area contributed by atoms with E-state index in [4.69, 9.17) is 0 Å². The van der Waals surface area contributed by atoms with E-state index in [-0.39, 0.29) is 0 Å². The third kappa shape index (κ3) is 2.29. The van der Waals surface area contributed by atoms with Gasteiger partial charge in [-0.25, -0.2) is 9.97 Å². The van der Waals surface area contributed by atoms with Gasteiger partial charge < -0.3 is 0 Å². The molecule has 0 unspecified atom stereocenters. The summed E-state index contributed by atoms with van der Waals surface area (Å²) in [7, 11) is 0. The predicted molar refractivity (Wildman–Crippen MR) is 94.3 cm³/mol. The van der Waals surface area contributed by atoms with Crippen LogP contribution in [0.1, 0.15) is 32.3 Å². The number of aromatic nitrogens is 3. The number of nitrogens with zero attached hydrogens (tertiary/aromatic N) is 5. The van der Waals surface area contributed by atoms with Crippen molar-refractivity contribution in [3.05, 3.63) is 50.7 Å². The summed E-state index contributed by atoms with van der Waals surface area (Å²) >= 11 is 1.64. The van der Waals surface area contributed by atoms with Crippen LogP contribution in [0, 0.1) is 50.4 Å². The minimum Gasteiger partial charge on any atom is -0.283 e. The second kappa shape index (κ2) is 5.92. The van der Waals surface area contributed by atoms with Crippen molar-refractivity contribution in [2.75, 3.05) is 0 Å². The van der Waals surface area contributed by atoms with Crippen LogP contribution in [0.2, 0.25) is 0 Å². The summed E-state index contributed by atoms with van der Waals surface area (Å²) < 4.78 is 1.76. The molecule has 0 aromatic carbocycles. The number of nitriles is 2. The molecule has 3 aromatic rings. The van der Waals surface area contributed by atoms with E-state index in [1.807, 2.05) is 33.9 Å². The maximum atomic E-state index is 9.82. The lowest BCUT2D eigenvalue weighted by Crippen LogP contribution is -1.98. The normalized spacial score (nSPS) is 11.9. The molecule has 0 saturated carbocycles. The Bertz CT molecular complexity index is 1070. The largest absolute Gasteiger partial charge is 0.283 e. The van der Waals surface area contributed by atoms with Crippen molar-refractivity contribution in [1.82, 2.24) is 14.4 Å². The van der Waals surface area contributed by atoms with Gasteiger partial charge in [0.15, 0.2) is 0 Å². The monoisotopic (exact) mass is 333 g/mol. The fraction of sp³-hybridized carbons (Fsp3) is 0.222. The van der Waals surface area contributed by atoms with E-state index < -0.39 is 0 Å². The molecular formula is C18H15N5S. The van der Waals surface area contributed by atoms with E-state index in [1.165, 1.54) is 0 Å². The van der Waals surface area contributed by atoms with Crippen molar-refractivity contribution in [2.24, 2.45) is 0 Å². The van der Waals surface area contributed by atoms with Gasteiger partial charge in [-0.15, -0.1) is 11.3 Å². The molecule has 0 aliphatic rings. The van der Waals surface area contributed by atoms with Gasteiger partial charge in [0.25, 0.3) is 0 Å². The lowest BCUT2D eigenvalue weighted by atomic mass is 9.96. The molecule has 0 saturated heterocycles. The minimum absolute atomic E-state index is 0.333. The molecule has 3 rings (SSSR count). The van der Waals surface area contributed by atoms with Crippen molar-refractivity contribution < 1.29 is 0 Å². The molecule has 0 N–H and O–H groups in total. The fourth-order valence-corrected chi connectivity index (χ4v) is 4.00. The van der Waals surface area contributed by atoms with Crippen LogP contribution in [-0.4, -0.2) is 14.4 Å². The maximum Gasteiger partial charge on any atom is 0.234 e. The zero-order valence-electron chi connectivity index (χ0n) is 13.9. The van der Waals surface area contributed by atoms with Crippen molar-refractivity contribution in [3.63, 3.8) is 0 Å². The Kier molecular flexibility index (Phi) is 3.92. The molecule has 3 aromatic heterocycles. The summed E-state index contributed by atoms with van der Waals surface area (Å²) in [6.45, 7) is 7.83. The highest BCUT2D eigenvalue weighted by Crippen LogP contribution is 2.36. The van der Waals surface area contributed by atoms with Crippen LogP contribution in [0.25, 0.3) is 16.9 Å². The van der Waals surface area contributed by atoms with Crippen LogP contribution in [-0.2, 0) is 0 Å². The minimum atomic E-state index is 0.333. The molecule has 118 valence electrons. The highest BCUT2D eigenvalue weighted by molar-refractivity contribution is 7.12. The third-order valence-electron chi connectivity index (χ3n) is 4.10. The number of imidazole rings is 1. The highest BCUT2D eigenvalue weighted by Gasteiger charge is 2.22. The van der Waals surface area contributed by atoms with Crippen LogP contribution in [0.15, 0.2) is 18.5 Å². The Balaban J connectivity index is 2.41. The lowest BCUT2D eigenvalue weighted by Gasteiger charge is -2.07. The molecule has 0 radical (unpaired) electrons. The van der Waals surface area contributed by atoms with Gasteiger partial charge in [-0.3, -0.25) is 4.40 Å². The second-order valence-corrected chi connectivity index (χ2v) is 6.95.